The van der Waals surface area contributed by atoms with E-state index in [0.29, 0.717) is 27.9 Å². The molecule has 9 heteroatoms. The zero-order valence-corrected chi connectivity index (χ0v) is 19.4. The van der Waals surface area contributed by atoms with Gasteiger partial charge in [0, 0.05) is 26.2 Å². The standard InChI is InChI=1S/C24H24ClN3O5/c1-13-6-5-7-17(25)19(13)21(29)26-18(23(31)32)12-15-8-10-16(11-9-15)20-14(2)27(3)24(33)28(4)22(20)30/h5-11,18H,12H2,1-4H3,(H,26,29)(H,31,32)/t18-/m0/s1. The van der Waals surface area contributed by atoms with Gasteiger partial charge in [-0.15, -0.1) is 0 Å². The summed E-state index contributed by atoms with van der Waals surface area (Å²) in [6.07, 6.45) is 0.0368. The first-order valence-electron chi connectivity index (χ1n) is 10.2. The predicted octanol–water partition coefficient (Wildman–Crippen LogP) is 2.45. The maximum absolute atomic E-state index is 12.7. The topological polar surface area (TPSA) is 110 Å². The number of carboxylic acids is 1. The second-order valence-corrected chi connectivity index (χ2v) is 8.27. The van der Waals surface area contributed by atoms with E-state index in [1.54, 1.807) is 63.4 Å². The maximum atomic E-state index is 12.7. The Hall–Kier alpha value is -3.65. The van der Waals surface area contributed by atoms with Crippen molar-refractivity contribution in [3.8, 4) is 11.1 Å². The summed E-state index contributed by atoms with van der Waals surface area (Å²) in [6, 6.07) is 10.6. The minimum absolute atomic E-state index is 0.0368. The number of aromatic nitrogens is 2. The van der Waals surface area contributed by atoms with Crippen LogP contribution in [0.25, 0.3) is 11.1 Å². The molecule has 0 spiro atoms. The summed E-state index contributed by atoms with van der Waals surface area (Å²) in [5.74, 6) is -1.74. The second kappa shape index (κ2) is 9.46. The predicted molar refractivity (Wildman–Crippen MR) is 126 cm³/mol. The molecule has 1 atom stereocenters. The van der Waals surface area contributed by atoms with Crippen LogP contribution < -0.4 is 16.6 Å². The Morgan fingerprint density at radius 1 is 1.03 bits per heavy atom. The minimum Gasteiger partial charge on any atom is -0.480 e. The van der Waals surface area contributed by atoms with Gasteiger partial charge in [0.25, 0.3) is 11.5 Å². The lowest BCUT2D eigenvalue weighted by molar-refractivity contribution is -0.139. The summed E-state index contributed by atoms with van der Waals surface area (Å²) < 4.78 is 2.44. The number of halogens is 1. The molecular formula is C24H24ClN3O5. The number of hydrogen-bond acceptors (Lipinski definition) is 4. The van der Waals surface area contributed by atoms with Crippen LogP contribution in [0.2, 0.25) is 5.02 Å². The van der Waals surface area contributed by atoms with Crippen LogP contribution in [-0.2, 0) is 25.3 Å². The van der Waals surface area contributed by atoms with Crippen LogP contribution >= 0.6 is 11.6 Å². The highest BCUT2D eigenvalue weighted by molar-refractivity contribution is 6.34. The first kappa shape index (κ1) is 24.0. The number of carbonyl (C=O) groups excluding carboxylic acids is 1. The van der Waals surface area contributed by atoms with Gasteiger partial charge in [-0.2, -0.15) is 0 Å². The van der Waals surface area contributed by atoms with E-state index in [2.05, 4.69) is 5.32 Å². The summed E-state index contributed by atoms with van der Waals surface area (Å²) in [4.78, 5) is 49.2. The molecule has 33 heavy (non-hydrogen) atoms. The molecule has 3 rings (SSSR count). The molecule has 2 aromatic carbocycles. The Kier molecular flexibility index (Phi) is 6.88. The quantitative estimate of drug-likeness (QED) is 0.576. The van der Waals surface area contributed by atoms with Gasteiger partial charge in [-0.3, -0.25) is 14.2 Å². The summed E-state index contributed by atoms with van der Waals surface area (Å²) in [6.45, 7) is 3.42. The average Bonchev–Trinajstić information content (AvgIpc) is 2.77. The lowest BCUT2D eigenvalue weighted by Gasteiger charge is -2.17. The third-order valence-corrected chi connectivity index (χ3v) is 6.01. The average molecular weight is 470 g/mol. The number of hydrogen-bond donors (Lipinski definition) is 2. The molecule has 0 saturated heterocycles. The Morgan fingerprint density at radius 2 is 1.67 bits per heavy atom. The molecule has 0 aliphatic rings. The van der Waals surface area contributed by atoms with Gasteiger partial charge in [0.2, 0.25) is 0 Å². The molecular weight excluding hydrogens is 446 g/mol. The van der Waals surface area contributed by atoms with E-state index < -0.39 is 29.2 Å². The van der Waals surface area contributed by atoms with Crippen LogP contribution in [0.4, 0.5) is 0 Å². The van der Waals surface area contributed by atoms with Crippen LogP contribution in [0.15, 0.2) is 52.1 Å². The first-order valence-corrected chi connectivity index (χ1v) is 10.6. The lowest BCUT2D eigenvalue weighted by atomic mass is 10.00. The minimum atomic E-state index is -1.18. The number of aryl methyl sites for hydroxylation is 1. The Morgan fingerprint density at radius 3 is 2.24 bits per heavy atom. The molecule has 0 saturated carbocycles. The first-order chi connectivity index (χ1) is 15.5. The zero-order chi connectivity index (χ0) is 24.4. The number of carboxylic acid groups (broad SMARTS) is 1. The fourth-order valence-electron chi connectivity index (χ4n) is 3.67. The van der Waals surface area contributed by atoms with Crippen LogP contribution in [0.5, 0.6) is 0 Å². The normalized spacial score (nSPS) is 11.8. The highest BCUT2D eigenvalue weighted by atomic mass is 35.5. The largest absolute Gasteiger partial charge is 0.480 e. The third kappa shape index (κ3) is 4.75. The number of amides is 1. The summed E-state index contributed by atoms with van der Waals surface area (Å²) in [5, 5.41) is 12.4. The van der Waals surface area contributed by atoms with Gasteiger partial charge in [0.1, 0.15) is 6.04 Å². The molecule has 0 radical (unpaired) electrons. The van der Waals surface area contributed by atoms with Gasteiger partial charge in [0.05, 0.1) is 16.1 Å². The molecule has 0 aliphatic heterocycles. The van der Waals surface area contributed by atoms with Crippen molar-refractivity contribution in [3.63, 3.8) is 0 Å². The van der Waals surface area contributed by atoms with Crippen LogP contribution in [0.1, 0.15) is 27.2 Å². The van der Waals surface area contributed by atoms with Crippen molar-refractivity contribution in [1.29, 1.82) is 0 Å². The molecule has 8 nitrogen and oxygen atoms in total. The Labute approximate surface area is 195 Å². The van der Waals surface area contributed by atoms with E-state index in [4.69, 9.17) is 11.6 Å². The van der Waals surface area contributed by atoms with Crippen molar-refractivity contribution in [2.45, 2.75) is 26.3 Å². The number of aliphatic carboxylic acids is 1. The number of nitrogens with zero attached hydrogens (tertiary/aromatic N) is 2. The van der Waals surface area contributed by atoms with E-state index in [1.165, 1.54) is 11.6 Å². The summed E-state index contributed by atoms with van der Waals surface area (Å²) >= 11 is 6.12. The molecule has 1 heterocycles. The molecule has 1 aromatic heterocycles. The maximum Gasteiger partial charge on any atom is 0.330 e. The van der Waals surface area contributed by atoms with Gasteiger partial charge in [-0.1, -0.05) is 48.0 Å². The van der Waals surface area contributed by atoms with Crippen molar-refractivity contribution in [1.82, 2.24) is 14.5 Å². The van der Waals surface area contributed by atoms with E-state index in [9.17, 15) is 24.3 Å². The lowest BCUT2D eigenvalue weighted by Crippen LogP contribution is -2.42. The van der Waals surface area contributed by atoms with E-state index in [-0.39, 0.29) is 17.0 Å². The fraction of sp³-hybridized carbons (Fsp3) is 0.250. The Balaban J connectivity index is 1.87. The van der Waals surface area contributed by atoms with Gasteiger partial charge in [-0.25, -0.2) is 9.59 Å². The van der Waals surface area contributed by atoms with Crippen molar-refractivity contribution in [2.24, 2.45) is 14.1 Å². The van der Waals surface area contributed by atoms with Crippen molar-refractivity contribution < 1.29 is 14.7 Å². The molecule has 2 N–H and O–H groups in total. The summed E-state index contributed by atoms with van der Waals surface area (Å²) in [5.41, 5.74) is 2.24. The van der Waals surface area contributed by atoms with Crippen LogP contribution in [0.3, 0.4) is 0 Å². The van der Waals surface area contributed by atoms with E-state index in [1.807, 2.05) is 0 Å². The SMILES string of the molecule is Cc1cccc(Cl)c1C(=O)N[C@@H](Cc1ccc(-c2c(C)n(C)c(=O)n(C)c2=O)cc1)C(=O)O. The number of benzene rings is 2. The van der Waals surface area contributed by atoms with E-state index >= 15 is 0 Å². The van der Waals surface area contributed by atoms with Crippen LogP contribution in [0, 0.1) is 13.8 Å². The molecule has 0 fully saturated rings. The monoisotopic (exact) mass is 469 g/mol. The summed E-state index contributed by atoms with van der Waals surface area (Å²) in [7, 11) is 3.01. The number of nitrogens with one attached hydrogen (secondary N) is 1. The molecule has 3 aromatic rings. The highest BCUT2D eigenvalue weighted by Crippen LogP contribution is 2.21. The smallest absolute Gasteiger partial charge is 0.330 e. The van der Waals surface area contributed by atoms with Gasteiger partial charge in [0.15, 0.2) is 0 Å². The molecule has 172 valence electrons. The van der Waals surface area contributed by atoms with Crippen molar-refractivity contribution in [2.75, 3.05) is 0 Å². The Bertz CT molecular complexity index is 1340. The van der Waals surface area contributed by atoms with Crippen molar-refractivity contribution in [3.05, 3.63) is 90.7 Å². The van der Waals surface area contributed by atoms with Gasteiger partial charge < -0.3 is 15.0 Å². The van der Waals surface area contributed by atoms with Crippen molar-refractivity contribution >= 4 is 23.5 Å². The van der Waals surface area contributed by atoms with Gasteiger partial charge in [-0.05, 0) is 36.6 Å². The molecule has 0 unspecified atom stereocenters. The van der Waals surface area contributed by atoms with Crippen LogP contribution in [-0.4, -0.2) is 32.2 Å². The number of carbonyl (C=O) groups is 2. The number of rotatable bonds is 6. The molecule has 0 aliphatic carbocycles. The van der Waals surface area contributed by atoms with E-state index in [0.717, 1.165) is 4.57 Å². The second-order valence-electron chi connectivity index (χ2n) is 7.86. The third-order valence-electron chi connectivity index (χ3n) is 5.69. The molecule has 0 bridgehead atoms. The highest BCUT2D eigenvalue weighted by Gasteiger charge is 2.23. The molecule has 1 amide bonds. The fourth-order valence-corrected chi connectivity index (χ4v) is 3.98. The van der Waals surface area contributed by atoms with Gasteiger partial charge >= 0.3 is 11.7 Å². The zero-order valence-electron chi connectivity index (χ0n) is 18.7.